The molecule has 4 atom stereocenters. The Labute approximate surface area is 161 Å². The molecule has 0 aliphatic heterocycles. The van der Waals surface area contributed by atoms with Crippen LogP contribution < -0.4 is 21.7 Å². The molecule has 0 aromatic carbocycles. The molecule has 0 aliphatic rings. The minimum atomic E-state index is -1.37. The van der Waals surface area contributed by atoms with Crippen LogP contribution in [0.25, 0.3) is 0 Å². The molecule has 0 saturated carbocycles. The second-order valence-corrected chi connectivity index (χ2v) is 6.81. The highest BCUT2D eigenvalue weighted by molar-refractivity contribution is 7.98. The maximum atomic E-state index is 12.2. The van der Waals surface area contributed by atoms with Crippen LogP contribution in [0.2, 0.25) is 0 Å². The molecule has 0 rings (SSSR count). The Morgan fingerprint density at radius 1 is 1.04 bits per heavy atom. The number of hydrogen-bond acceptors (Lipinski definition) is 8. The molecular weight excluding hydrogens is 384 g/mol. The average molecular weight is 411 g/mol. The van der Waals surface area contributed by atoms with Crippen molar-refractivity contribution in [1.29, 1.82) is 0 Å². The van der Waals surface area contributed by atoms with Crippen molar-refractivity contribution in [3.05, 3.63) is 0 Å². The molecule has 0 aromatic rings. The first-order chi connectivity index (χ1) is 12.2. The highest BCUT2D eigenvalue weighted by atomic mass is 32.2. The number of hydrogen-bond donors (Lipinski definition) is 7. The van der Waals surface area contributed by atoms with Crippen LogP contribution in [0, 0.1) is 0 Å². The first kappa shape index (κ1) is 24.5. The molecule has 0 aromatic heterocycles. The maximum Gasteiger partial charge on any atom is 0.326 e. The summed E-state index contributed by atoms with van der Waals surface area (Å²) < 4.78 is 0. The SMILES string of the molecule is CSCCC(NC(=O)C(CO)NC(=O)C(CS)NC(=O)C(C)N)C(=O)O. The molecular formula is C14H26N4O6S2. The van der Waals surface area contributed by atoms with Crippen LogP contribution in [0.3, 0.4) is 0 Å². The lowest BCUT2D eigenvalue weighted by molar-refractivity contribution is -0.142. The van der Waals surface area contributed by atoms with Crippen molar-refractivity contribution in [3.8, 4) is 0 Å². The summed E-state index contributed by atoms with van der Waals surface area (Å²) in [5, 5.41) is 25.4. The molecule has 26 heavy (non-hydrogen) atoms. The molecule has 12 heteroatoms. The standard InChI is InChI=1S/C14H26N4O6S2/c1-7(15)11(20)18-10(6-25)13(22)17-9(5-19)12(21)16-8(14(23)24)3-4-26-2/h7-10,19,25H,3-6,15H2,1-2H3,(H,16,21)(H,17,22)(H,18,20)(H,23,24). The van der Waals surface area contributed by atoms with Gasteiger partial charge in [-0.25, -0.2) is 4.79 Å². The fraction of sp³-hybridized carbons (Fsp3) is 0.714. The van der Waals surface area contributed by atoms with E-state index in [1.165, 1.54) is 18.7 Å². The Morgan fingerprint density at radius 3 is 1.96 bits per heavy atom. The van der Waals surface area contributed by atoms with E-state index in [0.717, 1.165) is 0 Å². The summed E-state index contributed by atoms with van der Waals surface area (Å²) in [5.41, 5.74) is 5.41. The summed E-state index contributed by atoms with van der Waals surface area (Å²) in [5.74, 6) is -2.93. The first-order valence-corrected chi connectivity index (χ1v) is 9.80. The third kappa shape index (κ3) is 8.74. The number of rotatable bonds is 12. The number of carboxylic acids is 1. The van der Waals surface area contributed by atoms with Gasteiger partial charge in [0.15, 0.2) is 0 Å². The van der Waals surface area contributed by atoms with Crippen molar-refractivity contribution >= 4 is 48.1 Å². The Bertz CT molecular complexity index is 506. The zero-order chi connectivity index (χ0) is 20.3. The lowest BCUT2D eigenvalue weighted by Crippen LogP contribution is -2.58. The molecule has 10 nitrogen and oxygen atoms in total. The molecule has 0 aliphatic carbocycles. The van der Waals surface area contributed by atoms with E-state index in [9.17, 15) is 24.3 Å². The van der Waals surface area contributed by atoms with Crippen LogP contribution in [0.4, 0.5) is 0 Å². The van der Waals surface area contributed by atoms with Crippen molar-refractivity contribution in [3.63, 3.8) is 0 Å². The van der Waals surface area contributed by atoms with Crippen molar-refractivity contribution < 1.29 is 29.4 Å². The van der Waals surface area contributed by atoms with Crippen molar-refractivity contribution in [2.45, 2.75) is 37.5 Å². The average Bonchev–Trinajstić information content (AvgIpc) is 2.59. The van der Waals surface area contributed by atoms with E-state index in [1.54, 1.807) is 6.26 Å². The van der Waals surface area contributed by atoms with Crippen LogP contribution in [-0.4, -0.2) is 82.4 Å². The normalized spacial score (nSPS) is 15.3. The van der Waals surface area contributed by atoms with Gasteiger partial charge in [-0.3, -0.25) is 14.4 Å². The van der Waals surface area contributed by atoms with E-state index >= 15 is 0 Å². The minimum absolute atomic E-state index is 0.0600. The molecule has 0 radical (unpaired) electrons. The summed E-state index contributed by atoms with van der Waals surface area (Å²) in [6, 6.07) is -4.41. The van der Waals surface area contributed by atoms with E-state index in [-0.39, 0.29) is 12.2 Å². The maximum absolute atomic E-state index is 12.2. The number of amides is 3. The number of thioether (sulfide) groups is 1. The summed E-state index contributed by atoms with van der Waals surface area (Å²) in [6.45, 7) is 0.695. The second kappa shape index (κ2) is 12.8. The van der Waals surface area contributed by atoms with E-state index < -0.39 is 54.5 Å². The largest absolute Gasteiger partial charge is 0.480 e. The van der Waals surface area contributed by atoms with Gasteiger partial charge in [0, 0.05) is 5.75 Å². The number of aliphatic hydroxyl groups excluding tert-OH is 1. The Morgan fingerprint density at radius 2 is 1.54 bits per heavy atom. The first-order valence-electron chi connectivity index (χ1n) is 7.78. The smallest absolute Gasteiger partial charge is 0.326 e. The number of nitrogens with two attached hydrogens (primary N) is 1. The molecule has 0 spiro atoms. The van der Waals surface area contributed by atoms with Crippen molar-refractivity contribution in [2.24, 2.45) is 5.73 Å². The monoisotopic (exact) mass is 410 g/mol. The van der Waals surface area contributed by atoms with Gasteiger partial charge in [0.25, 0.3) is 0 Å². The van der Waals surface area contributed by atoms with Crippen LogP contribution >= 0.6 is 24.4 Å². The van der Waals surface area contributed by atoms with Gasteiger partial charge in [0.05, 0.1) is 12.6 Å². The van der Waals surface area contributed by atoms with E-state index in [2.05, 4.69) is 28.6 Å². The number of aliphatic carboxylic acids is 1. The van der Waals surface area contributed by atoms with E-state index in [0.29, 0.717) is 5.75 Å². The molecule has 150 valence electrons. The van der Waals surface area contributed by atoms with Gasteiger partial charge in [-0.1, -0.05) is 0 Å². The van der Waals surface area contributed by atoms with Gasteiger partial charge in [-0.05, 0) is 25.4 Å². The Hall–Kier alpha value is -1.50. The number of carboxylic acid groups (broad SMARTS) is 1. The van der Waals surface area contributed by atoms with Crippen molar-refractivity contribution in [1.82, 2.24) is 16.0 Å². The van der Waals surface area contributed by atoms with Gasteiger partial charge in [0.2, 0.25) is 17.7 Å². The van der Waals surface area contributed by atoms with Crippen LogP contribution in [-0.2, 0) is 19.2 Å². The molecule has 4 unspecified atom stereocenters. The van der Waals surface area contributed by atoms with Gasteiger partial charge in [-0.2, -0.15) is 24.4 Å². The summed E-state index contributed by atoms with van der Waals surface area (Å²) in [4.78, 5) is 47.1. The van der Waals surface area contributed by atoms with Crippen LogP contribution in [0.1, 0.15) is 13.3 Å². The second-order valence-electron chi connectivity index (χ2n) is 5.46. The molecule has 0 bridgehead atoms. The predicted octanol–water partition coefficient (Wildman–Crippen LogP) is -2.45. The van der Waals surface area contributed by atoms with E-state index in [4.69, 9.17) is 10.8 Å². The zero-order valence-electron chi connectivity index (χ0n) is 14.6. The third-order valence-electron chi connectivity index (χ3n) is 3.27. The van der Waals surface area contributed by atoms with E-state index in [1.807, 2.05) is 0 Å². The van der Waals surface area contributed by atoms with Gasteiger partial charge in [-0.15, -0.1) is 0 Å². The summed E-state index contributed by atoms with van der Waals surface area (Å²) in [7, 11) is 0. The number of carbonyl (C=O) groups excluding carboxylic acids is 3. The van der Waals surface area contributed by atoms with Crippen LogP contribution in [0.15, 0.2) is 0 Å². The quantitative estimate of drug-likeness (QED) is 0.174. The van der Waals surface area contributed by atoms with Gasteiger partial charge in [0.1, 0.15) is 18.1 Å². The highest BCUT2D eigenvalue weighted by Crippen LogP contribution is 2.02. The molecule has 0 heterocycles. The lowest BCUT2D eigenvalue weighted by atomic mass is 10.2. The summed E-state index contributed by atoms with van der Waals surface area (Å²) in [6.07, 6.45) is 1.99. The van der Waals surface area contributed by atoms with Gasteiger partial charge < -0.3 is 31.9 Å². The number of nitrogens with one attached hydrogen (secondary N) is 3. The molecule has 0 fully saturated rings. The zero-order valence-corrected chi connectivity index (χ0v) is 16.3. The van der Waals surface area contributed by atoms with Gasteiger partial charge >= 0.3 is 5.97 Å². The number of carbonyl (C=O) groups is 4. The molecule has 0 saturated heterocycles. The predicted molar refractivity (Wildman–Crippen MR) is 101 cm³/mol. The topological polar surface area (TPSA) is 171 Å². The fourth-order valence-corrected chi connectivity index (χ4v) is 2.46. The number of aliphatic hydroxyl groups is 1. The Kier molecular flexibility index (Phi) is 12.1. The van der Waals surface area contributed by atoms with Crippen molar-refractivity contribution in [2.75, 3.05) is 24.4 Å². The molecule has 7 N–H and O–H groups in total. The summed E-state index contributed by atoms with van der Waals surface area (Å²) >= 11 is 5.38. The fourth-order valence-electron chi connectivity index (χ4n) is 1.73. The van der Waals surface area contributed by atoms with Crippen LogP contribution in [0.5, 0.6) is 0 Å². The minimum Gasteiger partial charge on any atom is -0.480 e. The lowest BCUT2D eigenvalue weighted by Gasteiger charge is -2.23. The third-order valence-corrected chi connectivity index (χ3v) is 4.28. The Balaban J connectivity index is 4.88. The number of thiol groups is 1. The highest BCUT2D eigenvalue weighted by Gasteiger charge is 2.28. The molecule has 3 amide bonds.